The zero-order valence-corrected chi connectivity index (χ0v) is 17.9. The molecule has 24 heavy (non-hydrogen) atoms. The maximum absolute atomic E-state index is 12.2. The molecule has 3 rings (SSSR count). The van der Waals surface area contributed by atoms with Crippen molar-refractivity contribution in [3.8, 4) is 0 Å². The van der Waals surface area contributed by atoms with Gasteiger partial charge in [-0.1, -0.05) is 20.8 Å². The van der Waals surface area contributed by atoms with Crippen LogP contribution in [-0.4, -0.2) is 43.1 Å². The third-order valence-corrected chi connectivity index (χ3v) is 11.9. The Hall–Kier alpha value is 0.0569. The van der Waals surface area contributed by atoms with E-state index in [1.807, 2.05) is 20.8 Å². The number of Topliss-reactive ketones (excluding diaryl/α,β-unsaturated/α-hetero) is 1. The lowest BCUT2D eigenvalue weighted by Crippen LogP contribution is -2.64. The Morgan fingerprint density at radius 1 is 1.21 bits per heavy atom. The summed E-state index contributed by atoms with van der Waals surface area (Å²) < 4.78 is 19.1. The number of ketones is 1. The van der Waals surface area contributed by atoms with Gasteiger partial charge in [-0.15, -0.1) is 11.6 Å². The van der Waals surface area contributed by atoms with Crippen LogP contribution in [0.3, 0.4) is 0 Å². The van der Waals surface area contributed by atoms with Gasteiger partial charge < -0.3 is 13.9 Å². The molecule has 0 amide bonds. The second-order valence-corrected chi connectivity index (χ2v) is 15.4. The van der Waals surface area contributed by atoms with Gasteiger partial charge in [0.05, 0.1) is 12.2 Å². The molecule has 0 unspecified atom stereocenters. The van der Waals surface area contributed by atoms with Crippen molar-refractivity contribution in [2.24, 2.45) is 5.41 Å². The minimum Gasteiger partial charge on any atom is -0.411 e. The first kappa shape index (κ1) is 18.8. The van der Waals surface area contributed by atoms with Crippen molar-refractivity contribution in [3.63, 3.8) is 0 Å². The maximum atomic E-state index is 12.2. The van der Waals surface area contributed by atoms with Crippen molar-refractivity contribution in [2.45, 2.75) is 101 Å². The molecule has 0 N–H and O–H groups in total. The van der Waals surface area contributed by atoms with Gasteiger partial charge >= 0.3 is 0 Å². The SMILES string of the molecule is CC1(C)O[C@H]2[C@@H](O[Si](C)(C)C(C)(C)C)C[C@@]3(CC(=O)[C@@]3(C)Cl)[C@H]2O1. The van der Waals surface area contributed by atoms with Crippen molar-refractivity contribution in [2.75, 3.05) is 0 Å². The molecule has 1 aliphatic heterocycles. The molecule has 138 valence electrons. The van der Waals surface area contributed by atoms with E-state index in [0.717, 1.165) is 6.42 Å². The van der Waals surface area contributed by atoms with E-state index in [4.69, 9.17) is 25.5 Å². The fraction of sp³-hybridized carbons (Fsp3) is 0.944. The monoisotopic (exact) mass is 374 g/mol. The third-order valence-electron chi connectivity index (χ3n) is 6.79. The minimum absolute atomic E-state index is 0.0659. The van der Waals surface area contributed by atoms with Crippen LogP contribution in [0.25, 0.3) is 0 Å². The van der Waals surface area contributed by atoms with Crippen LogP contribution in [0.4, 0.5) is 0 Å². The Balaban J connectivity index is 1.92. The molecule has 2 saturated carbocycles. The molecule has 1 spiro atoms. The fourth-order valence-electron chi connectivity index (χ4n) is 4.16. The number of halogens is 1. The molecule has 5 atom stereocenters. The van der Waals surface area contributed by atoms with E-state index in [9.17, 15) is 4.79 Å². The number of hydrogen-bond acceptors (Lipinski definition) is 4. The number of rotatable bonds is 2. The predicted molar refractivity (Wildman–Crippen MR) is 96.8 cm³/mol. The Labute approximate surface area is 151 Å². The molecule has 6 heteroatoms. The van der Waals surface area contributed by atoms with Gasteiger partial charge in [0.1, 0.15) is 11.0 Å². The summed E-state index contributed by atoms with van der Waals surface area (Å²) in [5.41, 5.74) is -0.378. The van der Waals surface area contributed by atoms with Crippen LogP contribution in [0, 0.1) is 5.41 Å². The number of carbonyl (C=O) groups excluding carboxylic acids is 1. The minimum atomic E-state index is -1.95. The number of alkyl halides is 1. The molecule has 1 saturated heterocycles. The van der Waals surface area contributed by atoms with Gasteiger partial charge in [-0.25, -0.2) is 0 Å². The number of hydrogen-bond donors (Lipinski definition) is 0. The van der Waals surface area contributed by atoms with Crippen LogP contribution in [0.15, 0.2) is 0 Å². The van der Waals surface area contributed by atoms with Gasteiger partial charge in [-0.05, 0) is 45.3 Å². The normalized spacial score (nSPS) is 44.7. The van der Waals surface area contributed by atoms with Gasteiger partial charge in [0.2, 0.25) is 0 Å². The average molecular weight is 375 g/mol. The molecule has 0 bridgehead atoms. The first-order chi connectivity index (χ1) is 10.6. The Bertz CT molecular complexity index is 566. The third kappa shape index (κ3) is 2.46. The Morgan fingerprint density at radius 3 is 2.25 bits per heavy atom. The molecule has 0 aromatic heterocycles. The lowest BCUT2D eigenvalue weighted by atomic mass is 9.57. The van der Waals surface area contributed by atoms with Crippen molar-refractivity contribution >= 4 is 25.7 Å². The summed E-state index contributed by atoms with van der Waals surface area (Å²) in [5.74, 6) is -0.562. The van der Waals surface area contributed by atoms with Crippen LogP contribution < -0.4 is 0 Å². The molecule has 0 radical (unpaired) electrons. The molecule has 2 aliphatic carbocycles. The number of carbonyl (C=O) groups is 1. The van der Waals surface area contributed by atoms with E-state index in [1.165, 1.54) is 0 Å². The summed E-state index contributed by atoms with van der Waals surface area (Å²) >= 11 is 6.67. The summed E-state index contributed by atoms with van der Waals surface area (Å²) in [5, 5.41) is 0.118. The second kappa shape index (κ2) is 5.07. The van der Waals surface area contributed by atoms with E-state index >= 15 is 0 Å². The molecular formula is C18H31ClO4Si. The Morgan fingerprint density at radius 2 is 1.79 bits per heavy atom. The lowest BCUT2D eigenvalue weighted by Gasteiger charge is -2.53. The quantitative estimate of drug-likeness (QED) is 0.535. The van der Waals surface area contributed by atoms with Crippen LogP contribution in [0.1, 0.15) is 54.4 Å². The van der Waals surface area contributed by atoms with E-state index in [2.05, 4.69) is 33.9 Å². The van der Waals surface area contributed by atoms with E-state index in [-0.39, 0.29) is 34.5 Å². The molecule has 3 aliphatic rings. The van der Waals surface area contributed by atoms with Crippen molar-refractivity contribution in [1.29, 1.82) is 0 Å². The molecular weight excluding hydrogens is 344 g/mol. The number of ether oxygens (including phenoxy) is 2. The van der Waals surface area contributed by atoms with Gasteiger partial charge in [-0.2, -0.15) is 0 Å². The zero-order valence-electron chi connectivity index (χ0n) is 16.2. The topological polar surface area (TPSA) is 44.8 Å². The standard InChI is InChI=1S/C18H31ClO4Si/c1-15(2,3)24(7,8)23-11-9-18(10-12(20)17(18,6)19)14-13(11)21-16(4,5)22-14/h11,13-14H,9-10H2,1-8H3/t11-,13-,14-,17+,18+/m0/s1. The maximum Gasteiger partial charge on any atom is 0.192 e. The summed E-state index contributed by atoms with van der Waals surface area (Å²) in [6.07, 6.45) is 0.799. The van der Waals surface area contributed by atoms with E-state index in [1.54, 1.807) is 0 Å². The smallest absolute Gasteiger partial charge is 0.192 e. The number of fused-ring (bicyclic) bond motifs is 2. The van der Waals surface area contributed by atoms with Gasteiger partial charge in [0.15, 0.2) is 19.9 Å². The molecule has 3 fully saturated rings. The van der Waals surface area contributed by atoms with Crippen molar-refractivity contribution in [3.05, 3.63) is 0 Å². The van der Waals surface area contributed by atoms with Gasteiger partial charge in [0.25, 0.3) is 0 Å². The van der Waals surface area contributed by atoms with Crippen molar-refractivity contribution in [1.82, 2.24) is 0 Å². The van der Waals surface area contributed by atoms with Gasteiger partial charge in [-0.3, -0.25) is 4.79 Å². The van der Waals surface area contributed by atoms with E-state index in [0.29, 0.717) is 6.42 Å². The van der Waals surface area contributed by atoms with Crippen LogP contribution in [-0.2, 0) is 18.7 Å². The first-order valence-corrected chi connectivity index (χ1v) is 12.2. The summed E-state index contributed by atoms with van der Waals surface area (Å²) in [4.78, 5) is 11.3. The highest BCUT2D eigenvalue weighted by molar-refractivity contribution is 6.74. The summed E-state index contributed by atoms with van der Waals surface area (Å²) in [7, 11) is -1.95. The van der Waals surface area contributed by atoms with Crippen LogP contribution in [0.5, 0.6) is 0 Å². The fourth-order valence-corrected chi connectivity index (χ4v) is 5.81. The average Bonchev–Trinajstić information content (AvgIpc) is 2.83. The highest BCUT2D eigenvalue weighted by atomic mass is 35.5. The highest BCUT2D eigenvalue weighted by Gasteiger charge is 2.75. The first-order valence-electron chi connectivity index (χ1n) is 8.89. The summed E-state index contributed by atoms with van der Waals surface area (Å²) in [6.45, 7) is 16.9. The van der Waals surface area contributed by atoms with Gasteiger partial charge in [0, 0.05) is 11.8 Å². The molecule has 4 nitrogen and oxygen atoms in total. The van der Waals surface area contributed by atoms with Crippen LogP contribution >= 0.6 is 11.6 Å². The molecule has 0 aromatic carbocycles. The molecule has 1 heterocycles. The lowest BCUT2D eigenvalue weighted by molar-refractivity contribution is -0.188. The molecule has 0 aromatic rings. The van der Waals surface area contributed by atoms with E-state index < -0.39 is 19.0 Å². The zero-order chi connectivity index (χ0) is 18.3. The summed E-state index contributed by atoms with van der Waals surface area (Å²) in [6, 6.07) is 0. The predicted octanol–water partition coefficient (Wildman–Crippen LogP) is 4.26. The second-order valence-electron chi connectivity index (χ2n) is 9.90. The Kier molecular flexibility index (Phi) is 3.98. The van der Waals surface area contributed by atoms with Crippen LogP contribution in [0.2, 0.25) is 18.1 Å². The van der Waals surface area contributed by atoms with Crippen molar-refractivity contribution < 1.29 is 18.7 Å². The largest absolute Gasteiger partial charge is 0.411 e. The highest BCUT2D eigenvalue weighted by Crippen LogP contribution is 2.65.